The summed E-state index contributed by atoms with van der Waals surface area (Å²) in [6.45, 7) is 0.264. The molecule has 0 saturated carbocycles. The number of amides is 2. The van der Waals surface area contributed by atoms with E-state index in [9.17, 15) is 19.7 Å². The van der Waals surface area contributed by atoms with Crippen LogP contribution in [0.15, 0.2) is 48.5 Å². The molecule has 0 radical (unpaired) electrons. The van der Waals surface area contributed by atoms with Crippen molar-refractivity contribution in [1.29, 1.82) is 0 Å². The highest BCUT2D eigenvalue weighted by Gasteiger charge is 2.36. The first-order chi connectivity index (χ1) is 16.4. The van der Waals surface area contributed by atoms with E-state index >= 15 is 0 Å². The minimum absolute atomic E-state index is 0.0216. The number of anilines is 2. The van der Waals surface area contributed by atoms with Crippen molar-refractivity contribution in [3.05, 3.63) is 69.9 Å². The molecule has 1 N–H and O–H groups in total. The summed E-state index contributed by atoms with van der Waals surface area (Å²) in [6, 6.07) is 13.2. The van der Waals surface area contributed by atoms with Gasteiger partial charge in [-0.25, -0.2) is 4.68 Å². The summed E-state index contributed by atoms with van der Waals surface area (Å²) in [4.78, 5) is 38.1. The number of hydrogen-bond donors (Lipinski definition) is 1. The lowest BCUT2D eigenvalue weighted by molar-refractivity contribution is -0.384. The molecule has 1 fully saturated rings. The standard InChI is InChI=1S/C23H21N5O5S/c1-33-18-4-2-3-17(10-18)26-11-14(9-21(26)29)23(30)24-22-19-12-34-13-20(19)25-27(22)15-5-7-16(8-6-15)28(31)32/h2-8,10,14H,9,11-13H2,1H3,(H,24,30). The van der Waals surface area contributed by atoms with Crippen LogP contribution in [0.25, 0.3) is 5.69 Å². The molecule has 5 rings (SSSR count). The average Bonchev–Trinajstić information content (AvgIpc) is 3.55. The Morgan fingerprint density at radius 3 is 2.74 bits per heavy atom. The van der Waals surface area contributed by atoms with Gasteiger partial charge in [0, 0.05) is 53.9 Å². The van der Waals surface area contributed by atoms with Crippen molar-refractivity contribution >= 4 is 40.8 Å². The molecule has 3 heterocycles. The molecule has 174 valence electrons. The molecular weight excluding hydrogens is 458 g/mol. The number of non-ortho nitro benzene ring substituents is 1. The average molecular weight is 480 g/mol. The van der Waals surface area contributed by atoms with Crippen molar-refractivity contribution in [2.75, 3.05) is 23.9 Å². The van der Waals surface area contributed by atoms with Gasteiger partial charge in [-0.3, -0.25) is 19.7 Å². The third kappa shape index (κ3) is 3.98. The van der Waals surface area contributed by atoms with Crippen molar-refractivity contribution in [1.82, 2.24) is 9.78 Å². The molecule has 1 saturated heterocycles. The Hall–Kier alpha value is -3.86. The number of methoxy groups -OCH3 is 1. The Kier molecular flexibility index (Phi) is 5.70. The van der Waals surface area contributed by atoms with Crippen molar-refractivity contribution in [2.45, 2.75) is 17.9 Å². The van der Waals surface area contributed by atoms with Gasteiger partial charge in [0.2, 0.25) is 11.8 Å². The Bertz CT molecular complexity index is 1290. The second kappa shape index (κ2) is 8.82. The second-order valence-corrected chi connectivity index (χ2v) is 9.03. The van der Waals surface area contributed by atoms with E-state index in [-0.39, 0.29) is 30.5 Å². The maximum Gasteiger partial charge on any atom is 0.269 e. The molecule has 0 bridgehead atoms. The van der Waals surface area contributed by atoms with E-state index in [4.69, 9.17) is 4.74 Å². The molecule has 2 aliphatic rings. The smallest absolute Gasteiger partial charge is 0.269 e. The summed E-state index contributed by atoms with van der Waals surface area (Å²) < 4.78 is 6.86. The monoisotopic (exact) mass is 479 g/mol. The molecule has 10 nitrogen and oxygen atoms in total. The van der Waals surface area contributed by atoms with Gasteiger partial charge in [0.15, 0.2) is 0 Å². The van der Waals surface area contributed by atoms with Crippen LogP contribution in [0, 0.1) is 16.0 Å². The SMILES string of the molecule is COc1cccc(N2CC(C(=O)Nc3c4c(nn3-c3ccc([N+](=O)[O-])cc3)CSC4)CC2=O)c1. The molecule has 0 aliphatic carbocycles. The number of hydrogen-bond acceptors (Lipinski definition) is 7. The van der Waals surface area contributed by atoms with Crippen molar-refractivity contribution in [3.63, 3.8) is 0 Å². The Morgan fingerprint density at radius 2 is 2.00 bits per heavy atom. The van der Waals surface area contributed by atoms with E-state index in [0.29, 0.717) is 28.7 Å². The van der Waals surface area contributed by atoms with E-state index in [1.54, 1.807) is 58.8 Å². The van der Waals surface area contributed by atoms with Crippen LogP contribution in [0.4, 0.5) is 17.2 Å². The van der Waals surface area contributed by atoms with Crippen LogP contribution in [-0.2, 0) is 21.1 Å². The number of nitrogens with zero attached hydrogens (tertiary/aromatic N) is 4. The van der Waals surface area contributed by atoms with E-state index in [1.165, 1.54) is 12.1 Å². The molecule has 1 atom stereocenters. The fourth-order valence-electron chi connectivity index (χ4n) is 4.17. The molecular formula is C23H21N5O5S. The molecule has 2 aliphatic heterocycles. The van der Waals surface area contributed by atoms with E-state index < -0.39 is 10.8 Å². The molecule has 3 aromatic rings. The Balaban J connectivity index is 1.39. The summed E-state index contributed by atoms with van der Waals surface area (Å²) in [7, 11) is 1.56. The summed E-state index contributed by atoms with van der Waals surface area (Å²) in [5.41, 5.74) is 3.09. The fourth-order valence-corrected chi connectivity index (χ4v) is 5.21. The van der Waals surface area contributed by atoms with Gasteiger partial charge in [-0.2, -0.15) is 16.9 Å². The number of aromatic nitrogens is 2. The van der Waals surface area contributed by atoms with Crippen LogP contribution < -0.4 is 15.0 Å². The van der Waals surface area contributed by atoms with Crippen LogP contribution in [0.3, 0.4) is 0 Å². The lowest BCUT2D eigenvalue weighted by Crippen LogP contribution is -2.28. The second-order valence-electron chi connectivity index (χ2n) is 8.05. The van der Waals surface area contributed by atoms with Crippen LogP contribution in [0.2, 0.25) is 0 Å². The van der Waals surface area contributed by atoms with E-state index in [1.807, 2.05) is 6.07 Å². The van der Waals surface area contributed by atoms with Gasteiger partial charge in [-0.05, 0) is 24.3 Å². The molecule has 2 aromatic carbocycles. The van der Waals surface area contributed by atoms with Gasteiger partial charge in [0.25, 0.3) is 5.69 Å². The number of nitro groups is 1. The summed E-state index contributed by atoms with van der Waals surface area (Å²) in [5, 5.41) is 18.6. The minimum atomic E-state index is -0.524. The van der Waals surface area contributed by atoms with E-state index in [0.717, 1.165) is 17.0 Å². The lowest BCUT2D eigenvalue weighted by atomic mass is 10.1. The zero-order chi connectivity index (χ0) is 23.8. The highest BCUT2D eigenvalue weighted by Crippen LogP contribution is 2.37. The number of carbonyl (C=O) groups is 2. The number of nitro benzene ring substituents is 1. The van der Waals surface area contributed by atoms with Gasteiger partial charge in [-0.15, -0.1) is 0 Å². The summed E-state index contributed by atoms with van der Waals surface area (Å²) >= 11 is 1.70. The number of benzene rings is 2. The molecule has 11 heteroatoms. The largest absolute Gasteiger partial charge is 0.497 e. The number of nitrogens with one attached hydrogen (secondary N) is 1. The first kappa shape index (κ1) is 22.0. The number of carbonyl (C=O) groups excluding carboxylic acids is 2. The normalized spacial score (nSPS) is 17.0. The summed E-state index contributed by atoms with van der Waals surface area (Å²) in [5.74, 6) is 1.70. The van der Waals surface area contributed by atoms with Gasteiger partial charge in [-0.1, -0.05) is 6.07 Å². The molecule has 0 spiro atoms. The zero-order valence-electron chi connectivity index (χ0n) is 18.3. The van der Waals surface area contributed by atoms with Crippen molar-refractivity contribution in [3.8, 4) is 11.4 Å². The zero-order valence-corrected chi connectivity index (χ0v) is 19.1. The number of fused-ring (bicyclic) bond motifs is 1. The summed E-state index contributed by atoms with van der Waals surface area (Å²) in [6.07, 6.45) is 0.103. The Labute approximate surface area is 199 Å². The van der Waals surface area contributed by atoms with Gasteiger partial charge in [0.1, 0.15) is 11.6 Å². The number of rotatable bonds is 6. The molecule has 34 heavy (non-hydrogen) atoms. The van der Waals surface area contributed by atoms with Gasteiger partial charge in [0.05, 0.1) is 29.3 Å². The molecule has 1 aromatic heterocycles. The Morgan fingerprint density at radius 1 is 1.21 bits per heavy atom. The van der Waals surface area contributed by atoms with Crippen LogP contribution in [0.1, 0.15) is 17.7 Å². The number of ether oxygens (including phenoxy) is 1. The maximum absolute atomic E-state index is 13.2. The first-order valence-corrected chi connectivity index (χ1v) is 11.8. The minimum Gasteiger partial charge on any atom is -0.497 e. The molecule has 2 amide bonds. The number of thioether (sulfide) groups is 1. The predicted octanol–water partition coefficient (Wildman–Crippen LogP) is 3.53. The quantitative estimate of drug-likeness (QED) is 0.424. The highest BCUT2D eigenvalue weighted by molar-refractivity contribution is 7.98. The van der Waals surface area contributed by atoms with E-state index in [2.05, 4.69) is 10.4 Å². The highest BCUT2D eigenvalue weighted by atomic mass is 32.2. The van der Waals surface area contributed by atoms with Crippen LogP contribution >= 0.6 is 11.8 Å². The lowest BCUT2D eigenvalue weighted by Gasteiger charge is -2.18. The predicted molar refractivity (Wildman–Crippen MR) is 127 cm³/mol. The third-order valence-electron chi connectivity index (χ3n) is 5.96. The maximum atomic E-state index is 13.2. The van der Waals surface area contributed by atoms with Crippen LogP contribution in [-0.4, -0.2) is 40.2 Å². The topological polar surface area (TPSA) is 120 Å². The van der Waals surface area contributed by atoms with Gasteiger partial charge >= 0.3 is 0 Å². The first-order valence-electron chi connectivity index (χ1n) is 10.6. The molecule has 1 unspecified atom stereocenters. The van der Waals surface area contributed by atoms with Crippen molar-refractivity contribution in [2.24, 2.45) is 5.92 Å². The fraction of sp³-hybridized carbons (Fsp3) is 0.261. The van der Waals surface area contributed by atoms with Gasteiger partial charge < -0.3 is 15.0 Å². The van der Waals surface area contributed by atoms with Crippen LogP contribution in [0.5, 0.6) is 5.75 Å². The van der Waals surface area contributed by atoms with Crippen molar-refractivity contribution < 1.29 is 19.2 Å². The third-order valence-corrected chi connectivity index (χ3v) is 6.93.